The fraction of sp³-hybridized carbons (Fsp3) is 0.562. The van der Waals surface area contributed by atoms with Crippen LogP contribution in [0.25, 0.3) is 0 Å². The Morgan fingerprint density at radius 3 is 2.65 bits per heavy atom. The number of nitrogens with one attached hydrogen (secondary N) is 2. The van der Waals surface area contributed by atoms with Gasteiger partial charge in [0.1, 0.15) is 0 Å². The average molecular weight is 295 g/mol. The third kappa shape index (κ3) is 3.97. The molecule has 0 saturated carbocycles. The number of carbonyl (C=O) groups excluding carboxylic acids is 1. The smallest absolute Gasteiger partial charge is 0.228 e. The zero-order chi connectivity index (χ0) is 14.5. The zero-order valence-electron chi connectivity index (χ0n) is 12.2. The van der Waals surface area contributed by atoms with Gasteiger partial charge in [0.15, 0.2) is 0 Å². The maximum absolute atomic E-state index is 12.6. The molecule has 1 aliphatic heterocycles. The molecule has 3 nitrogen and oxygen atoms in total. The maximum Gasteiger partial charge on any atom is 0.228 e. The highest BCUT2D eigenvalue weighted by atomic mass is 35.5. The summed E-state index contributed by atoms with van der Waals surface area (Å²) in [7, 11) is 0. The Hall–Kier alpha value is -1.06. The molecule has 1 aromatic rings. The summed E-state index contributed by atoms with van der Waals surface area (Å²) in [4.78, 5) is 12.6. The molecular formula is C16H23ClN2O. The number of benzene rings is 1. The van der Waals surface area contributed by atoms with Crippen LogP contribution in [0, 0.1) is 5.92 Å². The van der Waals surface area contributed by atoms with Crippen LogP contribution in [-0.2, 0) is 4.79 Å². The first kappa shape index (κ1) is 15.3. The molecule has 0 radical (unpaired) electrons. The van der Waals surface area contributed by atoms with Gasteiger partial charge in [-0.2, -0.15) is 0 Å². The van der Waals surface area contributed by atoms with Crippen molar-refractivity contribution in [1.82, 2.24) is 10.6 Å². The summed E-state index contributed by atoms with van der Waals surface area (Å²) in [5.41, 5.74) is 0.999. The molecule has 1 amide bonds. The SMILES string of the molecule is CC(C)C(C(=O)NC1CCNCC1)c1cccc(Cl)c1. The van der Waals surface area contributed by atoms with Crippen molar-refractivity contribution in [3.63, 3.8) is 0 Å². The van der Waals surface area contributed by atoms with E-state index in [-0.39, 0.29) is 17.7 Å². The molecule has 0 bridgehead atoms. The fourth-order valence-electron chi connectivity index (χ4n) is 2.80. The van der Waals surface area contributed by atoms with E-state index in [4.69, 9.17) is 11.6 Å². The Kier molecular flexibility index (Phi) is 5.44. The van der Waals surface area contributed by atoms with E-state index in [1.54, 1.807) is 0 Å². The second kappa shape index (κ2) is 7.09. The molecule has 1 aromatic carbocycles. The molecule has 0 aromatic heterocycles. The van der Waals surface area contributed by atoms with Gasteiger partial charge in [0, 0.05) is 11.1 Å². The van der Waals surface area contributed by atoms with Gasteiger partial charge < -0.3 is 10.6 Å². The van der Waals surface area contributed by atoms with Crippen LogP contribution in [0.4, 0.5) is 0 Å². The van der Waals surface area contributed by atoms with Gasteiger partial charge in [-0.25, -0.2) is 0 Å². The predicted molar refractivity (Wildman–Crippen MR) is 83.1 cm³/mol. The Morgan fingerprint density at radius 2 is 2.05 bits per heavy atom. The Labute approximate surface area is 126 Å². The van der Waals surface area contributed by atoms with Crippen LogP contribution in [0.1, 0.15) is 38.2 Å². The van der Waals surface area contributed by atoms with Crippen LogP contribution in [0.2, 0.25) is 5.02 Å². The predicted octanol–water partition coefficient (Wildman–Crippen LogP) is 2.95. The van der Waals surface area contributed by atoms with Crippen LogP contribution in [0.3, 0.4) is 0 Å². The quantitative estimate of drug-likeness (QED) is 0.896. The minimum absolute atomic E-state index is 0.120. The van der Waals surface area contributed by atoms with Crippen LogP contribution >= 0.6 is 11.6 Å². The van der Waals surface area contributed by atoms with Gasteiger partial charge >= 0.3 is 0 Å². The molecular weight excluding hydrogens is 272 g/mol. The number of amides is 1. The molecule has 1 unspecified atom stereocenters. The number of piperidine rings is 1. The lowest BCUT2D eigenvalue weighted by atomic mass is 9.87. The van der Waals surface area contributed by atoms with Crippen LogP contribution in [0.15, 0.2) is 24.3 Å². The maximum atomic E-state index is 12.6. The standard InChI is InChI=1S/C16H23ClN2O/c1-11(2)15(12-4-3-5-13(17)10-12)16(20)19-14-6-8-18-9-7-14/h3-5,10-11,14-15,18H,6-9H2,1-2H3,(H,19,20). The fourth-order valence-corrected chi connectivity index (χ4v) is 3.00. The van der Waals surface area contributed by atoms with Crippen molar-refractivity contribution in [2.24, 2.45) is 5.92 Å². The molecule has 0 spiro atoms. The first-order valence-electron chi connectivity index (χ1n) is 7.34. The van der Waals surface area contributed by atoms with Crippen LogP contribution in [-0.4, -0.2) is 25.0 Å². The number of rotatable bonds is 4. The van der Waals surface area contributed by atoms with E-state index < -0.39 is 0 Å². The highest BCUT2D eigenvalue weighted by Gasteiger charge is 2.26. The highest BCUT2D eigenvalue weighted by molar-refractivity contribution is 6.30. The molecule has 1 aliphatic rings. The molecule has 1 fully saturated rings. The number of hydrogen-bond acceptors (Lipinski definition) is 2. The molecule has 1 heterocycles. The summed E-state index contributed by atoms with van der Waals surface area (Å²) in [6, 6.07) is 7.93. The number of hydrogen-bond donors (Lipinski definition) is 2. The van der Waals surface area contributed by atoms with E-state index in [1.807, 2.05) is 24.3 Å². The Bertz CT molecular complexity index is 456. The summed E-state index contributed by atoms with van der Waals surface area (Å²) in [6.07, 6.45) is 2.01. The number of halogens is 1. The second-order valence-electron chi connectivity index (χ2n) is 5.81. The van der Waals surface area contributed by atoms with E-state index in [0.717, 1.165) is 31.5 Å². The van der Waals surface area contributed by atoms with Crippen molar-refractivity contribution in [2.45, 2.75) is 38.6 Å². The first-order chi connectivity index (χ1) is 9.58. The molecule has 110 valence electrons. The minimum Gasteiger partial charge on any atom is -0.353 e. The lowest BCUT2D eigenvalue weighted by Crippen LogP contribution is -2.45. The van der Waals surface area contributed by atoms with Crippen molar-refractivity contribution in [2.75, 3.05) is 13.1 Å². The second-order valence-corrected chi connectivity index (χ2v) is 6.25. The minimum atomic E-state index is -0.136. The van der Waals surface area contributed by atoms with Crippen molar-refractivity contribution >= 4 is 17.5 Å². The van der Waals surface area contributed by atoms with E-state index in [1.165, 1.54) is 0 Å². The van der Waals surface area contributed by atoms with Gasteiger partial charge in [-0.15, -0.1) is 0 Å². The van der Waals surface area contributed by atoms with Gasteiger partial charge in [0.05, 0.1) is 5.92 Å². The first-order valence-corrected chi connectivity index (χ1v) is 7.72. The molecule has 4 heteroatoms. The van der Waals surface area contributed by atoms with Crippen molar-refractivity contribution in [3.8, 4) is 0 Å². The third-order valence-electron chi connectivity index (χ3n) is 3.84. The largest absolute Gasteiger partial charge is 0.353 e. The van der Waals surface area contributed by atoms with Gasteiger partial charge in [0.2, 0.25) is 5.91 Å². The van der Waals surface area contributed by atoms with Gasteiger partial charge in [-0.05, 0) is 49.5 Å². The van der Waals surface area contributed by atoms with Crippen LogP contribution < -0.4 is 10.6 Å². The van der Waals surface area contributed by atoms with Gasteiger partial charge in [0.25, 0.3) is 0 Å². The molecule has 0 aliphatic carbocycles. The monoisotopic (exact) mass is 294 g/mol. The van der Waals surface area contributed by atoms with Crippen molar-refractivity contribution in [3.05, 3.63) is 34.9 Å². The lowest BCUT2D eigenvalue weighted by Gasteiger charge is -2.27. The molecule has 20 heavy (non-hydrogen) atoms. The van der Waals surface area contributed by atoms with Gasteiger partial charge in [-0.3, -0.25) is 4.79 Å². The van der Waals surface area contributed by atoms with E-state index in [2.05, 4.69) is 24.5 Å². The van der Waals surface area contributed by atoms with E-state index in [9.17, 15) is 4.79 Å². The van der Waals surface area contributed by atoms with E-state index >= 15 is 0 Å². The third-order valence-corrected chi connectivity index (χ3v) is 4.08. The van der Waals surface area contributed by atoms with Crippen LogP contribution in [0.5, 0.6) is 0 Å². The van der Waals surface area contributed by atoms with Crippen molar-refractivity contribution < 1.29 is 4.79 Å². The molecule has 1 saturated heterocycles. The topological polar surface area (TPSA) is 41.1 Å². The summed E-state index contributed by atoms with van der Waals surface area (Å²) in [5, 5.41) is 7.19. The van der Waals surface area contributed by atoms with Gasteiger partial charge in [-0.1, -0.05) is 37.6 Å². The molecule has 1 atom stereocenters. The van der Waals surface area contributed by atoms with Crippen molar-refractivity contribution in [1.29, 1.82) is 0 Å². The molecule has 2 rings (SSSR count). The summed E-state index contributed by atoms with van der Waals surface area (Å²) >= 11 is 6.05. The zero-order valence-corrected chi connectivity index (χ0v) is 12.9. The molecule has 2 N–H and O–H groups in total. The number of carbonyl (C=O) groups is 1. The summed E-state index contributed by atoms with van der Waals surface area (Å²) < 4.78 is 0. The Morgan fingerprint density at radius 1 is 1.35 bits per heavy atom. The Balaban J connectivity index is 2.09. The van der Waals surface area contributed by atoms with E-state index in [0.29, 0.717) is 11.1 Å². The normalized spacial score (nSPS) is 18.0. The average Bonchev–Trinajstić information content (AvgIpc) is 2.39. The highest BCUT2D eigenvalue weighted by Crippen LogP contribution is 2.27. The lowest BCUT2D eigenvalue weighted by molar-refractivity contribution is -0.124. The summed E-state index contributed by atoms with van der Waals surface area (Å²) in [6.45, 7) is 6.12. The summed E-state index contributed by atoms with van der Waals surface area (Å²) in [5.74, 6) is 0.230.